The third-order valence-electron chi connectivity index (χ3n) is 3.05. The van der Waals surface area contributed by atoms with Crippen LogP contribution in [0.5, 0.6) is 5.75 Å². The van der Waals surface area contributed by atoms with Crippen molar-refractivity contribution in [3.8, 4) is 5.75 Å². The smallest absolute Gasteiger partial charge is 0.115 e. The van der Waals surface area contributed by atoms with E-state index in [1.54, 1.807) is 12.1 Å². The third kappa shape index (κ3) is 2.07. The molecule has 1 aliphatic carbocycles. The van der Waals surface area contributed by atoms with E-state index in [9.17, 15) is 5.11 Å². The summed E-state index contributed by atoms with van der Waals surface area (Å²) in [5.41, 5.74) is 1.20. The molecule has 2 N–H and O–H groups in total. The predicted molar refractivity (Wildman–Crippen MR) is 55.2 cm³/mol. The molecular formula is C12H16O2. The number of benzene rings is 1. The van der Waals surface area contributed by atoms with Crippen molar-refractivity contribution in [2.75, 3.05) is 0 Å². The Morgan fingerprint density at radius 1 is 1.14 bits per heavy atom. The highest BCUT2D eigenvalue weighted by atomic mass is 16.3. The molecule has 0 spiro atoms. The summed E-state index contributed by atoms with van der Waals surface area (Å²) in [5, 5.41) is 18.8. The molecule has 2 atom stereocenters. The Balaban J connectivity index is 2.00. The molecule has 1 saturated carbocycles. The molecule has 0 radical (unpaired) electrons. The first-order chi connectivity index (χ1) is 6.75. The summed E-state index contributed by atoms with van der Waals surface area (Å²) in [7, 11) is 0. The normalized spacial score (nSPS) is 26.6. The van der Waals surface area contributed by atoms with E-state index < -0.39 is 0 Å². The lowest BCUT2D eigenvalue weighted by molar-refractivity contribution is 0.132. The standard InChI is InChI=1S/C12H16O2/c13-11-6-4-9(5-7-11)8-10-2-1-3-12(10)14/h4-7,10,12-14H,1-3,8H2/t10-,12-/m0/s1. The van der Waals surface area contributed by atoms with E-state index in [1.165, 1.54) is 5.56 Å². The Kier molecular flexibility index (Phi) is 2.73. The van der Waals surface area contributed by atoms with E-state index in [1.807, 2.05) is 12.1 Å². The Labute approximate surface area is 84.2 Å². The highest BCUT2D eigenvalue weighted by Gasteiger charge is 2.24. The molecule has 1 fully saturated rings. The summed E-state index contributed by atoms with van der Waals surface area (Å²) >= 11 is 0. The van der Waals surface area contributed by atoms with Crippen LogP contribution in [0.15, 0.2) is 24.3 Å². The van der Waals surface area contributed by atoms with E-state index in [0.29, 0.717) is 11.7 Å². The molecule has 2 rings (SSSR count). The van der Waals surface area contributed by atoms with Gasteiger partial charge in [-0.3, -0.25) is 0 Å². The number of rotatable bonds is 2. The van der Waals surface area contributed by atoms with Gasteiger partial charge in [-0.15, -0.1) is 0 Å². The number of phenolic OH excluding ortho intramolecular Hbond substituents is 1. The molecule has 0 heterocycles. The zero-order valence-electron chi connectivity index (χ0n) is 8.19. The van der Waals surface area contributed by atoms with Gasteiger partial charge in [-0.2, -0.15) is 0 Å². The lowest BCUT2D eigenvalue weighted by Crippen LogP contribution is -2.15. The largest absolute Gasteiger partial charge is 0.508 e. The molecule has 1 aromatic carbocycles. The second-order valence-electron chi connectivity index (χ2n) is 4.13. The van der Waals surface area contributed by atoms with E-state index >= 15 is 0 Å². The Morgan fingerprint density at radius 3 is 2.43 bits per heavy atom. The van der Waals surface area contributed by atoms with Crippen LogP contribution in [-0.2, 0) is 6.42 Å². The van der Waals surface area contributed by atoms with Crippen molar-refractivity contribution in [1.82, 2.24) is 0 Å². The topological polar surface area (TPSA) is 40.5 Å². The first kappa shape index (κ1) is 9.53. The van der Waals surface area contributed by atoms with Gasteiger partial charge in [0.15, 0.2) is 0 Å². The van der Waals surface area contributed by atoms with E-state index in [0.717, 1.165) is 25.7 Å². The van der Waals surface area contributed by atoms with Crippen LogP contribution in [0.4, 0.5) is 0 Å². The Morgan fingerprint density at radius 2 is 1.86 bits per heavy atom. The van der Waals surface area contributed by atoms with E-state index in [4.69, 9.17) is 5.11 Å². The predicted octanol–water partition coefficient (Wildman–Crippen LogP) is 2.10. The van der Waals surface area contributed by atoms with Crippen LogP contribution in [0.25, 0.3) is 0 Å². The van der Waals surface area contributed by atoms with Crippen LogP contribution in [0.1, 0.15) is 24.8 Å². The highest BCUT2D eigenvalue weighted by molar-refractivity contribution is 5.26. The summed E-state index contributed by atoms with van der Waals surface area (Å²) < 4.78 is 0. The lowest BCUT2D eigenvalue weighted by Gasteiger charge is -2.13. The van der Waals surface area contributed by atoms with Crippen molar-refractivity contribution in [3.63, 3.8) is 0 Å². The Bertz CT molecular complexity index is 292. The molecule has 14 heavy (non-hydrogen) atoms. The maximum Gasteiger partial charge on any atom is 0.115 e. The molecule has 0 aromatic heterocycles. The van der Waals surface area contributed by atoms with Crippen molar-refractivity contribution in [3.05, 3.63) is 29.8 Å². The van der Waals surface area contributed by atoms with Gasteiger partial charge in [0.05, 0.1) is 6.10 Å². The van der Waals surface area contributed by atoms with Crippen molar-refractivity contribution in [1.29, 1.82) is 0 Å². The van der Waals surface area contributed by atoms with Gasteiger partial charge in [-0.05, 0) is 42.9 Å². The van der Waals surface area contributed by atoms with Crippen molar-refractivity contribution >= 4 is 0 Å². The number of aliphatic hydroxyl groups is 1. The van der Waals surface area contributed by atoms with Crippen LogP contribution in [0, 0.1) is 5.92 Å². The fourth-order valence-electron chi connectivity index (χ4n) is 2.19. The van der Waals surface area contributed by atoms with Gasteiger partial charge in [0, 0.05) is 0 Å². The molecule has 0 aliphatic heterocycles. The fraction of sp³-hybridized carbons (Fsp3) is 0.500. The molecular weight excluding hydrogens is 176 g/mol. The average Bonchev–Trinajstić information content (AvgIpc) is 2.56. The summed E-state index contributed by atoms with van der Waals surface area (Å²) in [6.07, 6.45) is 4.03. The third-order valence-corrected chi connectivity index (χ3v) is 3.05. The average molecular weight is 192 g/mol. The van der Waals surface area contributed by atoms with Crippen LogP contribution in [0.2, 0.25) is 0 Å². The van der Waals surface area contributed by atoms with Crippen molar-refractivity contribution in [2.24, 2.45) is 5.92 Å². The number of aliphatic hydroxyl groups excluding tert-OH is 1. The first-order valence-corrected chi connectivity index (χ1v) is 5.21. The summed E-state index contributed by atoms with van der Waals surface area (Å²) in [5.74, 6) is 0.722. The van der Waals surface area contributed by atoms with Gasteiger partial charge < -0.3 is 10.2 Å². The second-order valence-corrected chi connectivity index (χ2v) is 4.13. The van der Waals surface area contributed by atoms with E-state index in [-0.39, 0.29) is 6.10 Å². The molecule has 0 saturated heterocycles. The molecule has 1 aromatic rings. The summed E-state index contributed by atoms with van der Waals surface area (Å²) in [6.45, 7) is 0. The van der Waals surface area contributed by atoms with Gasteiger partial charge in [-0.1, -0.05) is 18.6 Å². The molecule has 0 bridgehead atoms. The van der Waals surface area contributed by atoms with Crippen LogP contribution in [-0.4, -0.2) is 16.3 Å². The Hall–Kier alpha value is -1.02. The van der Waals surface area contributed by atoms with Crippen molar-refractivity contribution < 1.29 is 10.2 Å². The molecule has 2 nitrogen and oxygen atoms in total. The molecule has 2 heteroatoms. The molecule has 1 aliphatic rings. The number of aromatic hydroxyl groups is 1. The zero-order valence-corrected chi connectivity index (χ0v) is 8.19. The van der Waals surface area contributed by atoms with Crippen molar-refractivity contribution in [2.45, 2.75) is 31.8 Å². The van der Waals surface area contributed by atoms with Gasteiger partial charge in [0.2, 0.25) is 0 Å². The molecule has 0 amide bonds. The summed E-state index contributed by atoms with van der Waals surface area (Å²) in [6, 6.07) is 7.27. The van der Waals surface area contributed by atoms with Gasteiger partial charge in [0.25, 0.3) is 0 Å². The summed E-state index contributed by atoms with van der Waals surface area (Å²) in [4.78, 5) is 0. The molecule has 0 unspecified atom stereocenters. The number of phenols is 1. The van der Waals surface area contributed by atoms with Gasteiger partial charge in [-0.25, -0.2) is 0 Å². The molecule has 76 valence electrons. The fourth-order valence-corrected chi connectivity index (χ4v) is 2.19. The van der Waals surface area contributed by atoms with Gasteiger partial charge in [0.1, 0.15) is 5.75 Å². The number of hydrogen-bond acceptors (Lipinski definition) is 2. The minimum atomic E-state index is -0.121. The monoisotopic (exact) mass is 192 g/mol. The van der Waals surface area contributed by atoms with Crippen LogP contribution >= 0.6 is 0 Å². The van der Waals surface area contributed by atoms with Crippen LogP contribution < -0.4 is 0 Å². The highest BCUT2D eigenvalue weighted by Crippen LogP contribution is 2.28. The number of hydrogen-bond donors (Lipinski definition) is 2. The minimum Gasteiger partial charge on any atom is -0.508 e. The second kappa shape index (κ2) is 4.01. The van der Waals surface area contributed by atoms with E-state index in [2.05, 4.69) is 0 Å². The quantitative estimate of drug-likeness (QED) is 0.753. The van der Waals surface area contributed by atoms with Crippen LogP contribution in [0.3, 0.4) is 0 Å². The first-order valence-electron chi connectivity index (χ1n) is 5.21. The maximum absolute atomic E-state index is 9.66. The van der Waals surface area contributed by atoms with Gasteiger partial charge >= 0.3 is 0 Å². The zero-order chi connectivity index (χ0) is 9.97. The lowest BCUT2D eigenvalue weighted by atomic mass is 9.96. The minimum absolute atomic E-state index is 0.121. The SMILES string of the molecule is Oc1ccc(C[C@@H]2CCC[C@@H]2O)cc1. The maximum atomic E-state index is 9.66.